The van der Waals surface area contributed by atoms with Gasteiger partial charge in [-0.15, -0.1) is 32.9 Å². The van der Waals surface area contributed by atoms with Crippen molar-refractivity contribution in [3.63, 3.8) is 0 Å². The van der Waals surface area contributed by atoms with E-state index in [1.54, 1.807) is 22.7 Å². The van der Waals surface area contributed by atoms with Crippen molar-refractivity contribution in [3.8, 4) is 10.7 Å². The molecule has 10 heteroatoms. The van der Waals surface area contributed by atoms with E-state index < -0.39 is 0 Å². The molecule has 0 aromatic carbocycles. The number of thiophene rings is 2. The Morgan fingerprint density at radius 1 is 1.41 bits per heavy atom. The maximum atomic E-state index is 12.8. The van der Waals surface area contributed by atoms with Crippen LogP contribution in [-0.2, 0) is 12.8 Å². The quantitative estimate of drug-likeness (QED) is 0.364. The van der Waals surface area contributed by atoms with E-state index >= 15 is 0 Å². The van der Waals surface area contributed by atoms with Gasteiger partial charge in [0.25, 0.3) is 5.56 Å². The Kier molecular flexibility index (Phi) is 4.72. The van der Waals surface area contributed by atoms with Crippen LogP contribution in [0.2, 0.25) is 0 Å². The number of hydrogen-bond acceptors (Lipinski definition) is 8. The van der Waals surface area contributed by atoms with Crippen LogP contribution in [0.4, 0.5) is 0 Å². The lowest BCUT2D eigenvalue weighted by Gasteiger charge is -2.17. The maximum Gasteiger partial charge on any atom is 0.259 e. The average Bonchev–Trinajstić information content (AvgIpc) is 3.40. The van der Waals surface area contributed by atoms with Gasteiger partial charge in [0, 0.05) is 4.88 Å². The first kappa shape index (κ1) is 18.8. The number of nitrogens with two attached hydrogens (primary N) is 1. The second kappa shape index (κ2) is 7.26. The lowest BCUT2D eigenvalue weighted by Crippen LogP contribution is -2.16. The number of rotatable bonds is 4. The van der Waals surface area contributed by atoms with Gasteiger partial charge in [-0.05, 0) is 49.1 Å². The molecule has 0 aliphatic heterocycles. The molecule has 2 atom stereocenters. The van der Waals surface area contributed by atoms with E-state index in [0.717, 1.165) is 34.4 Å². The fourth-order valence-electron chi connectivity index (χ4n) is 3.70. The van der Waals surface area contributed by atoms with Crippen molar-refractivity contribution < 1.29 is 0 Å². The van der Waals surface area contributed by atoms with Crippen LogP contribution in [0, 0.1) is 5.92 Å². The third kappa shape index (κ3) is 3.28. The van der Waals surface area contributed by atoms with Crippen LogP contribution in [0.25, 0.3) is 20.9 Å². The molecule has 0 unspecified atom stereocenters. The van der Waals surface area contributed by atoms with Gasteiger partial charge in [0.2, 0.25) is 5.16 Å². The van der Waals surface area contributed by atoms with Crippen LogP contribution in [0.3, 0.4) is 0 Å². The number of aromatic nitrogens is 5. The second-order valence-electron chi connectivity index (χ2n) is 7.40. The third-order valence-corrected chi connectivity index (χ3v) is 8.34. The van der Waals surface area contributed by atoms with Gasteiger partial charge in [0.1, 0.15) is 10.7 Å². The van der Waals surface area contributed by atoms with Crippen molar-refractivity contribution in [1.29, 1.82) is 0 Å². The summed E-state index contributed by atoms with van der Waals surface area (Å²) in [5.74, 6) is 8.14. The molecule has 5 rings (SSSR count). The number of nitrogen functional groups attached to an aromatic ring is 1. The summed E-state index contributed by atoms with van der Waals surface area (Å²) in [6.07, 6.45) is 3.13. The number of fused-ring (bicyclic) bond motifs is 3. The molecule has 3 N–H and O–H groups in total. The number of nitrogens with zero attached hydrogens (tertiary/aromatic N) is 4. The normalized spacial score (nSPS) is 17.5. The van der Waals surface area contributed by atoms with Crippen LogP contribution in [-0.4, -0.2) is 24.8 Å². The van der Waals surface area contributed by atoms with E-state index in [-0.39, 0.29) is 10.8 Å². The van der Waals surface area contributed by atoms with Crippen LogP contribution < -0.4 is 11.4 Å². The van der Waals surface area contributed by atoms with Gasteiger partial charge in [-0.25, -0.2) is 9.66 Å². The van der Waals surface area contributed by atoms with Crippen molar-refractivity contribution in [2.75, 3.05) is 5.84 Å². The maximum absolute atomic E-state index is 12.8. The highest BCUT2D eigenvalue weighted by Gasteiger charge is 2.24. The van der Waals surface area contributed by atoms with E-state index in [9.17, 15) is 4.79 Å². The van der Waals surface area contributed by atoms with Crippen molar-refractivity contribution >= 4 is 44.7 Å². The van der Waals surface area contributed by atoms with Crippen LogP contribution in [0.5, 0.6) is 0 Å². The van der Waals surface area contributed by atoms with Gasteiger partial charge in [-0.3, -0.25) is 4.79 Å². The van der Waals surface area contributed by atoms with Crippen molar-refractivity contribution in [1.82, 2.24) is 24.8 Å². The van der Waals surface area contributed by atoms with Gasteiger partial charge < -0.3 is 10.8 Å². The van der Waals surface area contributed by atoms with Gasteiger partial charge >= 0.3 is 0 Å². The number of thioether (sulfide) groups is 1. The molecular formula is C19H20N6OS3. The molecule has 0 saturated carbocycles. The summed E-state index contributed by atoms with van der Waals surface area (Å²) in [6.45, 7) is 4.26. The smallest absolute Gasteiger partial charge is 0.259 e. The molecule has 4 heterocycles. The lowest BCUT2D eigenvalue weighted by molar-refractivity contribution is 0.509. The Balaban J connectivity index is 1.46. The topological polar surface area (TPSA) is 102 Å². The SMILES string of the molecule is C[C@@H]1CCc2c(sc3nc([C@@H](C)Sc4nnc(-c5cccs5)n4N)[nH]c(=O)c23)C1. The monoisotopic (exact) mass is 444 g/mol. The summed E-state index contributed by atoms with van der Waals surface area (Å²) in [6, 6.07) is 3.91. The minimum absolute atomic E-state index is 0.0435. The average molecular weight is 445 g/mol. The molecule has 1 aliphatic rings. The summed E-state index contributed by atoms with van der Waals surface area (Å²) in [5.41, 5.74) is 1.16. The van der Waals surface area contributed by atoms with E-state index in [0.29, 0.717) is 22.7 Å². The largest absolute Gasteiger partial charge is 0.335 e. The Morgan fingerprint density at radius 3 is 3.07 bits per heavy atom. The van der Waals surface area contributed by atoms with Gasteiger partial charge in [-0.2, -0.15) is 0 Å². The molecule has 4 aromatic rings. The Labute approximate surface area is 179 Å². The summed E-state index contributed by atoms with van der Waals surface area (Å²) < 4.78 is 1.49. The number of H-pyrrole nitrogens is 1. The molecule has 0 bridgehead atoms. The zero-order valence-electron chi connectivity index (χ0n) is 16.0. The summed E-state index contributed by atoms with van der Waals surface area (Å²) in [7, 11) is 0. The molecule has 0 amide bonds. The Bertz CT molecular complexity index is 1240. The zero-order chi connectivity index (χ0) is 20.1. The molecule has 150 valence electrons. The first-order valence-electron chi connectivity index (χ1n) is 9.46. The van der Waals surface area contributed by atoms with Crippen molar-refractivity contribution in [2.45, 2.75) is 43.5 Å². The highest BCUT2D eigenvalue weighted by Crippen LogP contribution is 2.38. The highest BCUT2D eigenvalue weighted by atomic mass is 32.2. The first-order chi connectivity index (χ1) is 14.0. The van der Waals surface area contributed by atoms with Crippen LogP contribution >= 0.6 is 34.4 Å². The molecule has 0 fully saturated rings. The van der Waals surface area contributed by atoms with Crippen LogP contribution in [0.15, 0.2) is 27.5 Å². The van der Waals surface area contributed by atoms with Crippen molar-refractivity contribution in [2.24, 2.45) is 5.92 Å². The highest BCUT2D eigenvalue weighted by molar-refractivity contribution is 7.99. The lowest BCUT2D eigenvalue weighted by atomic mass is 9.89. The fourth-order valence-corrected chi connectivity index (χ4v) is 6.63. The van der Waals surface area contributed by atoms with E-state index in [2.05, 4.69) is 22.1 Å². The minimum Gasteiger partial charge on any atom is -0.335 e. The second-order valence-corrected chi connectivity index (χ2v) is 10.7. The van der Waals surface area contributed by atoms with Gasteiger partial charge in [0.05, 0.1) is 15.5 Å². The summed E-state index contributed by atoms with van der Waals surface area (Å²) in [4.78, 5) is 23.7. The number of hydrogen-bond donors (Lipinski definition) is 2. The van der Waals surface area contributed by atoms with E-state index in [1.165, 1.54) is 26.9 Å². The standard InChI is InChI=1S/C19H20N6OS3/c1-9-5-6-11-13(8-9)29-18-14(11)17(26)21-15(22-18)10(2)28-19-24-23-16(25(19)20)12-4-3-7-27-12/h3-4,7,9-10H,5-6,8,20H2,1-2H3,(H,21,22,26)/t9-,10-/m1/s1. The molecule has 7 nitrogen and oxygen atoms in total. The molecule has 4 aromatic heterocycles. The van der Waals surface area contributed by atoms with E-state index in [1.807, 2.05) is 24.4 Å². The van der Waals surface area contributed by atoms with E-state index in [4.69, 9.17) is 10.8 Å². The summed E-state index contributed by atoms with van der Waals surface area (Å²) in [5, 5.41) is 11.7. The molecule has 0 saturated heterocycles. The van der Waals surface area contributed by atoms with Crippen LogP contribution in [0.1, 0.15) is 41.8 Å². The van der Waals surface area contributed by atoms with Gasteiger partial charge in [0.15, 0.2) is 5.82 Å². The zero-order valence-corrected chi connectivity index (χ0v) is 18.5. The Hall–Kier alpha value is -2.17. The van der Waals surface area contributed by atoms with Crippen molar-refractivity contribution in [3.05, 3.63) is 44.1 Å². The number of aromatic amines is 1. The Morgan fingerprint density at radius 2 is 2.28 bits per heavy atom. The minimum atomic E-state index is -0.118. The fraction of sp³-hybridized carbons (Fsp3) is 0.368. The number of nitrogens with one attached hydrogen (secondary N) is 1. The first-order valence-corrected chi connectivity index (χ1v) is 12.0. The predicted molar refractivity (Wildman–Crippen MR) is 119 cm³/mol. The predicted octanol–water partition coefficient (Wildman–Crippen LogP) is 4.00. The third-order valence-electron chi connectivity index (χ3n) is 5.26. The molecular weight excluding hydrogens is 424 g/mol. The molecule has 1 aliphatic carbocycles. The molecule has 0 spiro atoms. The summed E-state index contributed by atoms with van der Waals surface area (Å²) >= 11 is 4.66. The number of aryl methyl sites for hydroxylation is 1. The molecule has 0 radical (unpaired) electrons. The van der Waals surface area contributed by atoms with Gasteiger partial charge in [-0.1, -0.05) is 24.8 Å². The molecule has 29 heavy (non-hydrogen) atoms.